The minimum absolute atomic E-state index is 0.0602. The Labute approximate surface area is 178 Å². The highest BCUT2D eigenvalue weighted by Crippen LogP contribution is 2.27. The third-order valence-corrected chi connectivity index (χ3v) is 5.27. The second-order valence-corrected chi connectivity index (χ2v) is 9.63. The molecule has 12 nitrogen and oxygen atoms in total. The van der Waals surface area contributed by atoms with Crippen LogP contribution in [0.4, 0.5) is 21.5 Å². The van der Waals surface area contributed by atoms with Crippen molar-refractivity contribution in [1.82, 2.24) is 4.72 Å². The summed E-state index contributed by atoms with van der Waals surface area (Å²) in [7, 11) is -3.75. The normalized spacial score (nSPS) is 10.6. The van der Waals surface area contributed by atoms with Gasteiger partial charge in [-0.15, -0.1) is 0 Å². The van der Waals surface area contributed by atoms with Gasteiger partial charge in [-0.05, 0) is 19.2 Å². The van der Waals surface area contributed by atoms with E-state index in [1.807, 2.05) is 0 Å². The fourth-order valence-corrected chi connectivity index (χ4v) is 2.17. The van der Waals surface area contributed by atoms with Crippen molar-refractivity contribution in [2.75, 3.05) is 30.9 Å². The van der Waals surface area contributed by atoms with E-state index in [2.05, 4.69) is 4.72 Å². The zero-order valence-corrected chi connectivity index (χ0v) is 18.6. The lowest BCUT2D eigenvalue weighted by Crippen LogP contribution is -2.25. The van der Waals surface area contributed by atoms with Gasteiger partial charge in [-0.2, -0.15) is 4.39 Å². The molecule has 0 aliphatic carbocycles. The predicted octanol–water partition coefficient (Wildman–Crippen LogP) is 1.89. The predicted molar refractivity (Wildman–Crippen MR) is 113 cm³/mol. The number of hydrogen-bond acceptors (Lipinski definition) is 8. The van der Waals surface area contributed by atoms with Gasteiger partial charge in [0.25, 0.3) is 5.69 Å². The van der Waals surface area contributed by atoms with E-state index in [-0.39, 0.29) is 11.4 Å². The molecular weight excluding hydrogens is 459 g/mol. The maximum absolute atomic E-state index is 12.4. The molecule has 0 bridgehead atoms. The second-order valence-electron chi connectivity index (χ2n) is 5.66. The third kappa shape index (κ3) is 10.4. The van der Waals surface area contributed by atoms with Gasteiger partial charge in [0, 0.05) is 19.2 Å². The molecule has 0 spiro atoms. The van der Waals surface area contributed by atoms with Crippen LogP contribution in [0.5, 0.6) is 0 Å². The molecule has 0 radical (unpaired) electrons. The molecule has 0 saturated heterocycles. The molecule has 0 aliphatic rings. The van der Waals surface area contributed by atoms with Crippen LogP contribution in [0.25, 0.3) is 0 Å². The summed E-state index contributed by atoms with van der Waals surface area (Å²) in [5.74, 6) is -0.799. The zero-order valence-electron chi connectivity index (χ0n) is 16.9. The lowest BCUT2D eigenvalue weighted by atomic mass is 10.3. The van der Waals surface area contributed by atoms with Crippen LogP contribution in [0.1, 0.15) is 0 Å². The van der Waals surface area contributed by atoms with E-state index < -0.39 is 41.4 Å². The van der Waals surface area contributed by atoms with E-state index >= 15 is 0 Å². The summed E-state index contributed by atoms with van der Waals surface area (Å²) < 4.78 is 57.6. The van der Waals surface area contributed by atoms with Crippen molar-refractivity contribution in [3.05, 3.63) is 74.6 Å². The highest BCUT2D eigenvalue weighted by atomic mass is 32.2. The number of hydrogen-bond donors (Lipinski definition) is 1. The average Bonchev–Trinajstić information content (AvgIpc) is 2.67. The molecule has 0 aliphatic heterocycles. The molecule has 0 amide bonds. The number of para-hydroxylation sites is 3. The summed E-state index contributed by atoms with van der Waals surface area (Å²) in [6.45, 7) is 0. The van der Waals surface area contributed by atoms with Crippen LogP contribution >= 0.6 is 0 Å². The highest BCUT2D eigenvalue weighted by Gasteiger charge is 2.21. The standard InChI is InChI=1S/C8H10N2O4S.C6H4FNO2.C2H7NO2S/c1-9(15(2,13)14)7-5-3-4-6-8(7)10(11)12;7-5-3-1-2-4-6(5)8(9)10;1-3-6(2,4)5/h3-6H,1-2H3;1-4H;3H,1-2H3. The molecule has 172 valence electrons. The van der Waals surface area contributed by atoms with Crippen molar-refractivity contribution in [2.24, 2.45) is 0 Å². The fourth-order valence-electron chi connectivity index (χ4n) is 1.66. The summed E-state index contributed by atoms with van der Waals surface area (Å²) in [6.07, 6.45) is 2.09. The molecule has 1 N–H and O–H groups in total. The summed E-state index contributed by atoms with van der Waals surface area (Å²) in [4.78, 5) is 19.3. The van der Waals surface area contributed by atoms with E-state index in [9.17, 15) is 41.5 Å². The monoisotopic (exact) mass is 480 g/mol. The first-order chi connectivity index (χ1) is 14.1. The van der Waals surface area contributed by atoms with Crippen molar-refractivity contribution >= 4 is 37.1 Å². The van der Waals surface area contributed by atoms with Crippen LogP contribution in [0.15, 0.2) is 48.5 Å². The van der Waals surface area contributed by atoms with Crippen molar-refractivity contribution in [1.29, 1.82) is 0 Å². The topological polar surface area (TPSA) is 170 Å². The molecule has 0 saturated carbocycles. The molecule has 2 aromatic carbocycles. The number of nitrogens with one attached hydrogen (secondary N) is 1. The first-order valence-electron chi connectivity index (χ1n) is 8.06. The van der Waals surface area contributed by atoms with Gasteiger partial charge in [-0.1, -0.05) is 24.3 Å². The molecule has 0 aromatic heterocycles. The lowest BCUT2D eigenvalue weighted by Gasteiger charge is -2.15. The van der Waals surface area contributed by atoms with Crippen LogP contribution in [0.2, 0.25) is 0 Å². The summed E-state index contributed by atoms with van der Waals surface area (Å²) >= 11 is 0. The van der Waals surface area contributed by atoms with E-state index in [1.54, 1.807) is 6.07 Å². The number of benzene rings is 2. The van der Waals surface area contributed by atoms with Crippen LogP contribution < -0.4 is 9.03 Å². The van der Waals surface area contributed by atoms with Crippen LogP contribution in [-0.4, -0.2) is 53.3 Å². The summed E-state index contributed by atoms with van der Waals surface area (Å²) in [6, 6.07) is 10.7. The number of rotatable bonds is 5. The minimum Gasteiger partial charge on any atom is -0.267 e. The molecular formula is C16H21FN4O8S2. The van der Waals surface area contributed by atoms with Gasteiger partial charge in [0.15, 0.2) is 0 Å². The van der Waals surface area contributed by atoms with E-state index in [0.717, 1.165) is 28.9 Å². The van der Waals surface area contributed by atoms with E-state index in [1.165, 1.54) is 44.4 Å². The van der Waals surface area contributed by atoms with Gasteiger partial charge in [-0.3, -0.25) is 24.5 Å². The molecule has 2 rings (SSSR count). The van der Waals surface area contributed by atoms with E-state index in [4.69, 9.17) is 0 Å². The third-order valence-electron chi connectivity index (χ3n) is 3.34. The first-order valence-corrected chi connectivity index (χ1v) is 11.8. The molecule has 0 fully saturated rings. The number of sulfonamides is 2. The first kappa shape index (κ1) is 27.8. The maximum atomic E-state index is 12.4. The Balaban J connectivity index is 0.000000484. The molecule has 2 aromatic rings. The number of nitro benzene ring substituents is 2. The van der Waals surface area contributed by atoms with Crippen LogP contribution in [0.3, 0.4) is 0 Å². The SMILES string of the molecule is CN(c1ccccc1[N+](=O)[O-])S(C)(=O)=O.CNS(C)(=O)=O.O=[N+]([O-])c1ccccc1F. The van der Waals surface area contributed by atoms with Gasteiger partial charge in [-0.25, -0.2) is 21.6 Å². The number of nitrogens with zero attached hydrogens (tertiary/aromatic N) is 3. The Morgan fingerprint density at radius 2 is 1.26 bits per heavy atom. The minimum atomic E-state index is -3.48. The second kappa shape index (κ2) is 11.9. The molecule has 15 heteroatoms. The van der Waals surface area contributed by atoms with Crippen LogP contribution in [-0.2, 0) is 20.0 Å². The number of anilines is 1. The van der Waals surface area contributed by atoms with Gasteiger partial charge in [0.05, 0.1) is 22.4 Å². The lowest BCUT2D eigenvalue weighted by molar-refractivity contribution is -0.387. The summed E-state index contributed by atoms with van der Waals surface area (Å²) in [5.41, 5.74) is -0.655. The quantitative estimate of drug-likeness (QED) is 0.499. The average molecular weight is 480 g/mol. The smallest absolute Gasteiger partial charge is 0.267 e. The Kier molecular flexibility index (Phi) is 10.7. The van der Waals surface area contributed by atoms with Crippen molar-refractivity contribution in [3.8, 4) is 0 Å². The molecule has 0 heterocycles. The van der Waals surface area contributed by atoms with Crippen LogP contribution in [0, 0.1) is 26.0 Å². The zero-order chi connectivity index (χ0) is 24.4. The van der Waals surface area contributed by atoms with E-state index in [0.29, 0.717) is 0 Å². The Hall–Kier alpha value is -3.17. The van der Waals surface area contributed by atoms with Gasteiger partial charge >= 0.3 is 5.69 Å². The summed E-state index contributed by atoms with van der Waals surface area (Å²) in [5, 5.41) is 20.6. The van der Waals surface area contributed by atoms with Crippen molar-refractivity contribution in [3.63, 3.8) is 0 Å². The van der Waals surface area contributed by atoms with Gasteiger partial charge in [0.1, 0.15) is 5.69 Å². The van der Waals surface area contributed by atoms with Gasteiger partial charge < -0.3 is 0 Å². The van der Waals surface area contributed by atoms with Crippen molar-refractivity contribution < 1.29 is 31.1 Å². The largest absolute Gasteiger partial charge is 0.304 e. The van der Waals surface area contributed by atoms with Crippen molar-refractivity contribution in [2.45, 2.75) is 0 Å². The highest BCUT2D eigenvalue weighted by molar-refractivity contribution is 7.92. The Morgan fingerprint density at radius 3 is 1.58 bits per heavy atom. The molecule has 0 unspecified atom stereocenters. The fraction of sp³-hybridized carbons (Fsp3) is 0.250. The number of nitro groups is 2. The number of halogens is 1. The molecule has 31 heavy (non-hydrogen) atoms. The van der Waals surface area contributed by atoms with Gasteiger partial charge in [0.2, 0.25) is 25.9 Å². The Morgan fingerprint density at radius 1 is 0.871 bits per heavy atom. The Bertz CT molecular complexity index is 1120. The maximum Gasteiger partial charge on any atom is 0.304 e. The molecule has 0 atom stereocenters.